The molecule has 0 spiro atoms. The summed E-state index contributed by atoms with van der Waals surface area (Å²) in [6, 6.07) is 4.76. The number of rotatable bonds is 19. The van der Waals surface area contributed by atoms with Crippen molar-refractivity contribution in [3.8, 4) is 11.5 Å². The molecule has 3 aromatic rings. The Balaban J connectivity index is 1.44. The monoisotopic (exact) mass is 701 g/mol. The van der Waals surface area contributed by atoms with Crippen molar-refractivity contribution in [1.82, 2.24) is 19.7 Å². The van der Waals surface area contributed by atoms with Gasteiger partial charge in [-0.05, 0) is 33.6 Å². The fourth-order valence-corrected chi connectivity index (χ4v) is 5.30. The van der Waals surface area contributed by atoms with Gasteiger partial charge < -0.3 is 55.2 Å². The maximum atomic E-state index is 12.7. The van der Waals surface area contributed by atoms with E-state index in [0.29, 0.717) is 42.0 Å². The van der Waals surface area contributed by atoms with Crippen LogP contribution in [0.1, 0.15) is 56.8 Å². The van der Waals surface area contributed by atoms with Crippen LogP contribution in [0.5, 0.6) is 11.5 Å². The molecule has 0 unspecified atom stereocenters. The van der Waals surface area contributed by atoms with E-state index < -0.39 is 23.6 Å². The van der Waals surface area contributed by atoms with Crippen molar-refractivity contribution in [2.24, 2.45) is 5.73 Å². The summed E-state index contributed by atoms with van der Waals surface area (Å²) in [7, 11) is 1.52. The third kappa shape index (κ3) is 11.6. The van der Waals surface area contributed by atoms with Gasteiger partial charge in [0, 0.05) is 42.3 Å². The van der Waals surface area contributed by atoms with Crippen LogP contribution < -0.4 is 31.2 Å². The van der Waals surface area contributed by atoms with Crippen molar-refractivity contribution in [3.05, 3.63) is 36.2 Å². The molecule has 17 heteroatoms. The molecule has 17 nitrogen and oxygen atoms in total. The van der Waals surface area contributed by atoms with E-state index in [1.807, 2.05) is 20.8 Å². The first-order valence-electron chi connectivity index (χ1n) is 16.4. The SMILES string of the molecule is COc1cc(Nc2nc(N[C@H]3CCCC[C@H]3NC(=O)OC(C)(C)C)n3ccnc3c2C(N)=O)cc(OCCOCCOCCOCC(=O)O)c1. The highest BCUT2D eigenvalue weighted by atomic mass is 16.6. The van der Waals surface area contributed by atoms with Crippen molar-refractivity contribution < 1.29 is 47.9 Å². The van der Waals surface area contributed by atoms with Gasteiger partial charge in [0.2, 0.25) is 5.95 Å². The van der Waals surface area contributed by atoms with Gasteiger partial charge in [-0.3, -0.25) is 9.20 Å². The normalized spacial score (nSPS) is 16.1. The minimum Gasteiger partial charge on any atom is -0.497 e. The molecule has 2 heterocycles. The molecule has 2 amide bonds. The lowest BCUT2D eigenvalue weighted by atomic mass is 9.90. The zero-order chi connectivity index (χ0) is 36.1. The molecule has 2 atom stereocenters. The Morgan fingerprint density at radius 1 is 0.960 bits per heavy atom. The molecule has 1 aromatic carbocycles. The van der Waals surface area contributed by atoms with Gasteiger partial charge in [0.15, 0.2) is 11.5 Å². The second-order valence-corrected chi connectivity index (χ2v) is 12.5. The van der Waals surface area contributed by atoms with Gasteiger partial charge in [-0.2, -0.15) is 4.98 Å². The Labute approximate surface area is 290 Å². The summed E-state index contributed by atoms with van der Waals surface area (Å²) in [4.78, 5) is 45.0. The fraction of sp³-hybridized carbons (Fsp3) is 0.545. The number of amides is 2. The number of aliphatic carboxylic acids is 1. The Bertz CT molecular complexity index is 1590. The maximum Gasteiger partial charge on any atom is 0.407 e. The summed E-state index contributed by atoms with van der Waals surface area (Å²) in [5, 5.41) is 18.2. The second-order valence-electron chi connectivity index (χ2n) is 12.5. The Kier molecular flexibility index (Phi) is 13.8. The van der Waals surface area contributed by atoms with E-state index in [1.165, 1.54) is 7.11 Å². The van der Waals surface area contributed by atoms with Gasteiger partial charge in [0.1, 0.15) is 35.9 Å². The number of hydrogen-bond donors (Lipinski definition) is 5. The molecule has 0 radical (unpaired) electrons. The van der Waals surface area contributed by atoms with Crippen LogP contribution in [-0.2, 0) is 23.7 Å². The number of methoxy groups -OCH3 is 1. The molecule has 50 heavy (non-hydrogen) atoms. The third-order valence-corrected chi connectivity index (χ3v) is 7.42. The summed E-state index contributed by atoms with van der Waals surface area (Å²) in [6.07, 6.45) is 6.19. The number of aromatic nitrogens is 3. The van der Waals surface area contributed by atoms with Crippen LogP contribution in [0.3, 0.4) is 0 Å². The number of carbonyl (C=O) groups is 3. The number of fused-ring (bicyclic) bond motifs is 1. The quantitative estimate of drug-likeness (QED) is 0.113. The van der Waals surface area contributed by atoms with E-state index >= 15 is 0 Å². The lowest BCUT2D eigenvalue weighted by Gasteiger charge is -2.34. The van der Waals surface area contributed by atoms with Gasteiger partial charge in [-0.15, -0.1) is 0 Å². The fourth-order valence-electron chi connectivity index (χ4n) is 5.30. The van der Waals surface area contributed by atoms with Crippen LogP contribution in [-0.4, -0.2) is 108 Å². The number of nitrogens with two attached hydrogens (primary N) is 1. The van der Waals surface area contributed by atoms with Crippen molar-refractivity contribution in [1.29, 1.82) is 0 Å². The van der Waals surface area contributed by atoms with Crippen LogP contribution in [0.4, 0.5) is 22.2 Å². The first-order valence-corrected chi connectivity index (χ1v) is 16.4. The largest absolute Gasteiger partial charge is 0.497 e. The van der Waals surface area contributed by atoms with Crippen LogP contribution in [0, 0.1) is 0 Å². The Morgan fingerprint density at radius 3 is 2.28 bits per heavy atom. The average Bonchev–Trinajstić information content (AvgIpc) is 3.53. The Morgan fingerprint density at radius 2 is 1.62 bits per heavy atom. The van der Waals surface area contributed by atoms with Gasteiger partial charge in [-0.1, -0.05) is 12.8 Å². The number of carboxylic acids is 1. The molecular formula is C33H47N7O10. The lowest BCUT2D eigenvalue weighted by Crippen LogP contribution is -2.50. The zero-order valence-electron chi connectivity index (χ0n) is 28.9. The van der Waals surface area contributed by atoms with E-state index in [4.69, 9.17) is 44.2 Å². The minimum atomic E-state index is -1.03. The molecule has 4 rings (SSSR count). The predicted octanol–water partition coefficient (Wildman–Crippen LogP) is 3.34. The molecule has 1 fully saturated rings. The first-order chi connectivity index (χ1) is 23.9. The van der Waals surface area contributed by atoms with Gasteiger partial charge in [0.25, 0.3) is 5.91 Å². The van der Waals surface area contributed by atoms with Gasteiger partial charge >= 0.3 is 12.1 Å². The van der Waals surface area contributed by atoms with Gasteiger partial charge in [-0.25, -0.2) is 14.6 Å². The van der Waals surface area contributed by atoms with E-state index in [1.54, 1.807) is 35.0 Å². The van der Waals surface area contributed by atoms with E-state index in [2.05, 4.69) is 20.9 Å². The summed E-state index contributed by atoms with van der Waals surface area (Å²) in [6.45, 7) is 6.67. The zero-order valence-corrected chi connectivity index (χ0v) is 28.9. The number of nitrogens with zero attached hydrogens (tertiary/aromatic N) is 3. The molecule has 2 aromatic heterocycles. The van der Waals surface area contributed by atoms with E-state index in [0.717, 1.165) is 25.7 Å². The van der Waals surface area contributed by atoms with Crippen molar-refractivity contribution in [2.45, 2.75) is 64.1 Å². The maximum absolute atomic E-state index is 12.7. The molecule has 6 N–H and O–H groups in total. The van der Waals surface area contributed by atoms with Crippen molar-refractivity contribution >= 4 is 41.1 Å². The molecule has 1 aliphatic rings. The number of benzene rings is 1. The van der Waals surface area contributed by atoms with E-state index in [9.17, 15) is 14.4 Å². The highest BCUT2D eigenvalue weighted by Crippen LogP contribution is 2.31. The summed E-state index contributed by atoms with van der Waals surface area (Å²) in [5.74, 6) is -0.219. The first kappa shape index (κ1) is 37.9. The van der Waals surface area contributed by atoms with Gasteiger partial charge in [0.05, 0.1) is 46.2 Å². The number of nitrogens with one attached hydrogen (secondary N) is 3. The number of primary amides is 1. The lowest BCUT2D eigenvalue weighted by molar-refractivity contribution is -0.142. The van der Waals surface area contributed by atoms with Crippen molar-refractivity contribution in [2.75, 3.05) is 64.0 Å². The van der Waals surface area contributed by atoms with E-state index in [-0.39, 0.29) is 56.5 Å². The third-order valence-electron chi connectivity index (χ3n) is 7.42. The molecular weight excluding hydrogens is 654 g/mol. The van der Waals surface area contributed by atoms with Crippen LogP contribution in [0.15, 0.2) is 30.6 Å². The molecule has 1 saturated carbocycles. The van der Waals surface area contributed by atoms with Crippen LogP contribution in [0.25, 0.3) is 5.65 Å². The average molecular weight is 702 g/mol. The number of carboxylic acid groups (broad SMARTS) is 1. The molecule has 274 valence electrons. The topological polar surface area (TPSA) is 219 Å². The highest BCUT2D eigenvalue weighted by molar-refractivity contribution is 6.04. The second kappa shape index (κ2) is 18.2. The number of ether oxygens (including phenoxy) is 6. The molecule has 0 bridgehead atoms. The van der Waals surface area contributed by atoms with Crippen molar-refractivity contribution in [3.63, 3.8) is 0 Å². The summed E-state index contributed by atoms with van der Waals surface area (Å²) >= 11 is 0. The summed E-state index contributed by atoms with van der Waals surface area (Å²) < 4.78 is 34.3. The molecule has 1 aliphatic carbocycles. The van der Waals surface area contributed by atoms with Crippen LogP contribution in [0.2, 0.25) is 0 Å². The number of alkyl carbamates (subject to hydrolysis) is 1. The number of carbonyl (C=O) groups excluding carboxylic acids is 2. The minimum absolute atomic E-state index is 0.0852. The molecule has 0 aliphatic heterocycles. The smallest absolute Gasteiger partial charge is 0.407 e. The highest BCUT2D eigenvalue weighted by Gasteiger charge is 2.30. The number of imidazole rings is 1. The van der Waals surface area contributed by atoms with Crippen LogP contribution >= 0.6 is 0 Å². The number of anilines is 3. The Hall–Kier alpha value is -4.87. The number of hydrogen-bond acceptors (Lipinski definition) is 13. The predicted molar refractivity (Wildman–Crippen MR) is 182 cm³/mol. The molecule has 0 saturated heterocycles. The summed E-state index contributed by atoms with van der Waals surface area (Å²) in [5.41, 5.74) is 6.12. The standard InChI is InChI=1S/C33H47N7O10/c1-33(2,3)50-32(44)38-25-8-6-5-7-24(25)37-31-39-29(27(28(34)43)30-35-9-10-40(30)31)36-21-17-22(45-4)19-23(18-21)49-16-15-47-12-11-46-13-14-48-20-26(41)42/h9-10,17-19,24-25,36H,5-8,11-16,20H2,1-4H3,(H2,34,43)(H,37,39)(H,38,44)(H,41,42)/t24-,25+/m0/s1.